The predicted octanol–water partition coefficient (Wildman–Crippen LogP) is 3.33. The molecule has 1 aliphatic heterocycles. The average molecular weight is 491 g/mol. The van der Waals surface area contributed by atoms with Crippen molar-refractivity contribution < 1.29 is 4.79 Å². The van der Waals surface area contributed by atoms with Gasteiger partial charge in [0.25, 0.3) is 5.56 Å². The zero-order valence-corrected chi connectivity index (χ0v) is 20.7. The number of carbonyl (C=O) groups excluding carboxylic acids is 1. The highest BCUT2D eigenvalue weighted by atomic mass is 32.2. The normalized spacial score (nSPS) is 15.1. The maximum Gasteiger partial charge on any atom is 0.262 e. The van der Waals surface area contributed by atoms with Gasteiger partial charge in [0.1, 0.15) is 0 Å². The van der Waals surface area contributed by atoms with Gasteiger partial charge < -0.3 is 5.32 Å². The van der Waals surface area contributed by atoms with Gasteiger partial charge in [-0.1, -0.05) is 61.2 Å². The van der Waals surface area contributed by atoms with Gasteiger partial charge in [0, 0.05) is 32.2 Å². The van der Waals surface area contributed by atoms with Crippen molar-refractivity contribution in [1.82, 2.24) is 29.4 Å². The van der Waals surface area contributed by atoms with Crippen LogP contribution in [-0.4, -0.2) is 54.9 Å². The van der Waals surface area contributed by atoms with E-state index >= 15 is 0 Å². The Morgan fingerprint density at radius 2 is 1.80 bits per heavy atom. The van der Waals surface area contributed by atoms with Gasteiger partial charge in [0.15, 0.2) is 5.16 Å². The van der Waals surface area contributed by atoms with Crippen LogP contribution in [0.15, 0.2) is 64.5 Å². The van der Waals surface area contributed by atoms with Crippen LogP contribution < -0.4 is 10.9 Å². The van der Waals surface area contributed by atoms with Crippen molar-refractivity contribution in [2.75, 3.05) is 18.8 Å². The fourth-order valence-corrected chi connectivity index (χ4v) is 5.48. The summed E-state index contributed by atoms with van der Waals surface area (Å²) < 4.78 is 3.56. The third kappa shape index (κ3) is 5.11. The second-order valence-electron chi connectivity index (χ2n) is 8.98. The molecule has 0 spiro atoms. The fourth-order valence-electron chi connectivity index (χ4n) is 4.73. The number of likely N-dealkylation sites (tertiary alicyclic amines) is 1. The maximum atomic E-state index is 13.0. The molecule has 5 rings (SSSR count). The van der Waals surface area contributed by atoms with Crippen molar-refractivity contribution in [2.45, 2.75) is 50.5 Å². The maximum absolute atomic E-state index is 13.0. The van der Waals surface area contributed by atoms with E-state index in [4.69, 9.17) is 0 Å². The quantitative estimate of drug-likeness (QED) is 0.382. The first-order chi connectivity index (χ1) is 17.1. The number of fused-ring (bicyclic) bond motifs is 3. The summed E-state index contributed by atoms with van der Waals surface area (Å²) in [7, 11) is 0. The number of amides is 1. The van der Waals surface area contributed by atoms with Gasteiger partial charge >= 0.3 is 0 Å². The Morgan fingerprint density at radius 3 is 2.57 bits per heavy atom. The van der Waals surface area contributed by atoms with E-state index in [1.54, 1.807) is 4.57 Å². The minimum absolute atomic E-state index is 0.000514. The van der Waals surface area contributed by atoms with E-state index in [1.165, 1.54) is 17.3 Å². The number of para-hydroxylation sites is 1. The molecule has 1 amide bonds. The van der Waals surface area contributed by atoms with E-state index in [9.17, 15) is 9.59 Å². The molecule has 182 valence electrons. The third-order valence-corrected chi connectivity index (χ3v) is 7.39. The van der Waals surface area contributed by atoms with Crippen LogP contribution in [0.25, 0.3) is 16.7 Å². The summed E-state index contributed by atoms with van der Waals surface area (Å²) in [5.41, 5.74) is 2.03. The van der Waals surface area contributed by atoms with E-state index in [0.29, 0.717) is 22.9 Å². The van der Waals surface area contributed by atoms with E-state index in [0.717, 1.165) is 44.4 Å². The molecule has 1 aliphatic rings. The minimum Gasteiger partial charge on any atom is -0.353 e. The molecule has 4 aromatic rings. The standard InChI is InChI=1S/C26H30N6O2S/c1-2-14-31-24(34)21-10-6-7-11-22(21)32-25(31)28-29-26(32)35-18-23(33)27-20-12-15-30(16-13-20)17-19-8-4-3-5-9-19/h3-11,20H,2,12-18H2,1H3,(H,27,33). The van der Waals surface area contributed by atoms with Crippen molar-refractivity contribution in [3.05, 3.63) is 70.5 Å². The topological polar surface area (TPSA) is 84.5 Å². The minimum atomic E-state index is -0.0600. The van der Waals surface area contributed by atoms with Crippen molar-refractivity contribution in [3.63, 3.8) is 0 Å². The zero-order chi connectivity index (χ0) is 24.2. The third-order valence-electron chi connectivity index (χ3n) is 6.46. The van der Waals surface area contributed by atoms with Crippen LogP contribution >= 0.6 is 11.8 Å². The van der Waals surface area contributed by atoms with Crippen molar-refractivity contribution in [2.24, 2.45) is 0 Å². The number of rotatable bonds is 8. The van der Waals surface area contributed by atoms with Gasteiger partial charge in [-0.05, 0) is 37.0 Å². The van der Waals surface area contributed by atoms with Crippen molar-refractivity contribution in [3.8, 4) is 0 Å². The summed E-state index contributed by atoms with van der Waals surface area (Å²) in [5.74, 6) is 0.774. The molecule has 2 aromatic carbocycles. The van der Waals surface area contributed by atoms with E-state index in [2.05, 4.69) is 44.7 Å². The Morgan fingerprint density at radius 1 is 1.06 bits per heavy atom. The molecule has 0 aliphatic carbocycles. The molecule has 0 bridgehead atoms. The molecule has 0 unspecified atom stereocenters. The van der Waals surface area contributed by atoms with Gasteiger partial charge in [-0.15, -0.1) is 10.2 Å². The lowest BCUT2D eigenvalue weighted by molar-refractivity contribution is -0.119. The molecular weight excluding hydrogens is 460 g/mol. The zero-order valence-electron chi connectivity index (χ0n) is 19.9. The smallest absolute Gasteiger partial charge is 0.262 e. The molecule has 0 saturated carbocycles. The number of carbonyl (C=O) groups is 1. The number of aromatic nitrogens is 4. The first-order valence-corrected chi connectivity index (χ1v) is 13.2. The number of thioether (sulfide) groups is 1. The van der Waals surface area contributed by atoms with Crippen LogP contribution in [0, 0.1) is 0 Å². The van der Waals surface area contributed by atoms with Crippen LogP contribution in [0.3, 0.4) is 0 Å². The molecule has 35 heavy (non-hydrogen) atoms. The lowest BCUT2D eigenvalue weighted by Crippen LogP contribution is -2.44. The number of hydrogen-bond acceptors (Lipinski definition) is 6. The number of aryl methyl sites for hydroxylation is 1. The van der Waals surface area contributed by atoms with Crippen LogP contribution in [0.1, 0.15) is 31.7 Å². The predicted molar refractivity (Wildman–Crippen MR) is 139 cm³/mol. The molecule has 1 saturated heterocycles. The summed E-state index contributed by atoms with van der Waals surface area (Å²) in [6, 6.07) is 18.2. The second-order valence-corrected chi connectivity index (χ2v) is 9.93. The van der Waals surface area contributed by atoms with Gasteiger partial charge in [-0.2, -0.15) is 0 Å². The van der Waals surface area contributed by atoms with Gasteiger partial charge in [0.05, 0.1) is 16.7 Å². The number of nitrogens with zero attached hydrogens (tertiary/aromatic N) is 5. The first kappa shape index (κ1) is 23.6. The summed E-state index contributed by atoms with van der Waals surface area (Å²) in [6.45, 7) is 5.50. The Balaban J connectivity index is 1.22. The fraction of sp³-hybridized carbons (Fsp3) is 0.385. The van der Waals surface area contributed by atoms with Crippen molar-refractivity contribution >= 4 is 34.3 Å². The molecule has 0 radical (unpaired) electrons. The molecule has 1 N–H and O–H groups in total. The Bertz CT molecular complexity index is 1380. The number of benzene rings is 2. The van der Waals surface area contributed by atoms with Crippen LogP contribution in [0.2, 0.25) is 0 Å². The van der Waals surface area contributed by atoms with Gasteiger partial charge in [-0.3, -0.25) is 23.5 Å². The number of hydrogen-bond donors (Lipinski definition) is 1. The molecule has 8 nitrogen and oxygen atoms in total. The summed E-state index contributed by atoms with van der Waals surface area (Å²) in [4.78, 5) is 28.1. The van der Waals surface area contributed by atoms with E-state index < -0.39 is 0 Å². The molecule has 1 fully saturated rings. The van der Waals surface area contributed by atoms with Gasteiger partial charge in [0.2, 0.25) is 11.7 Å². The van der Waals surface area contributed by atoms with Gasteiger partial charge in [-0.25, -0.2) is 0 Å². The van der Waals surface area contributed by atoms with Crippen LogP contribution in [0.5, 0.6) is 0 Å². The lowest BCUT2D eigenvalue weighted by Gasteiger charge is -2.32. The Kier molecular flexibility index (Phi) is 7.15. The highest BCUT2D eigenvalue weighted by Gasteiger charge is 2.22. The van der Waals surface area contributed by atoms with E-state index in [-0.39, 0.29) is 23.3 Å². The summed E-state index contributed by atoms with van der Waals surface area (Å²) >= 11 is 1.35. The highest BCUT2D eigenvalue weighted by Crippen LogP contribution is 2.22. The molecular formula is C26H30N6O2S. The Labute approximate surface area is 208 Å². The number of nitrogens with one attached hydrogen (secondary N) is 1. The molecule has 0 atom stereocenters. The first-order valence-electron chi connectivity index (χ1n) is 12.2. The van der Waals surface area contributed by atoms with E-state index in [1.807, 2.05) is 41.7 Å². The summed E-state index contributed by atoms with van der Waals surface area (Å²) in [5, 5.41) is 13.1. The van der Waals surface area contributed by atoms with Crippen LogP contribution in [-0.2, 0) is 17.9 Å². The second kappa shape index (κ2) is 10.6. The molecule has 2 aromatic heterocycles. The Hall–Kier alpha value is -3.17. The lowest BCUT2D eigenvalue weighted by atomic mass is 10.0. The monoisotopic (exact) mass is 490 g/mol. The molecule has 9 heteroatoms. The van der Waals surface area contributed by atoms with Crippen molar-refractivity contribution in [1.29, 1.82) is 0 Å². The molecule has 3 heterocycles. The number of piperidine rings is 1. The van der Waals surface area contributed by atoms with Crippen LogP contribution in [0.4, 0.5) is 0 Å². The average Bonchev–Trinajstić information content (AvgIpc) is 3.31. The SMILES string of the molecule is CCCn1c(=O)c2ccccc2n2c(SCC(=O)NC3CCN(Cc4ccccc4)CC3)nnc12. The summed E-state index contributed by atoms with van der Waals surface area (Å²) in [6.07, 6.45) is 2.71. The largest absolute Gasteiger partial charge is 0.353 e. The highest BCUT2D eigenvalue weighted by molar-refractivity contribution is 7.99.